The van der Waals surface area contributed by atoms with E-state index < -0.39 is 0 Å². The molecule has 0 atom stereocenters. The quantitative estimate of drug-likeness (QED) is 0.336. The SMILES string of the molecule is Cc1cc(OCCn2c(CCNC(=O)Cc3ccccc3Cl)nc3ccccc32)ccc1Cl. The van der Waals surface area contributed by atoms with Crippen LogP contribution in [0.2, 0.25) is 10.0 Å². The van der Waals surface area contributed by atoms with Crippen LogP contribution in [0.5, 0.6) is 5.75 Å². The largest absolute Gasteiger partial charge is 0.492 e. The van der Waals surface area contributed by atoms with Crippen LogP contribution in [-0.2, 0) is 24.2 Å². The van der Waals surface area contributed by atoms with Crippen molar-refractivity contribution in [2.24, 2.45) is 0 Å². The summed E-state index contributed by atoms with van der Waals surface area (Å²) < 4.78 is 8.10. The lowest BCUT2D eigenvalue weighted by molar-refractivity contribution is -0.120. The third kappa shape index (κ3) is 5.86. The van der Waals surface area contributed by atoms with Crippen LogP contribution >= 0.6 is 23.2 Å². The summed E-state index contributed by atoms with van der Waals surface area (Å²) in [4.78, 5) is 17.1. The first-order valence-electron chi connectivity index (χ1n) is 10.8. The topological polar surface area (TPSA) is 56.1 Å². The number of fused-ring (bicyclic) bond motifs is 1. The van der Waals surface area contributed by atoms with E-state index in [2.05, 4.69) is 9.88 Å². The monoisotopic (exact) mass is 481 g/mol. The van der Waals surface area contributed by atoms with E-state index in [4.69, 9.17) is 32.9 Å². The number of amides is 1. The fraction of sp³-hybridized carbons (Fsp3) is 0.231. The number of carbonyl (C=O) groups is 1. The molecule has 33 heavy (non-hydrogen) atoms. The van der Waals surface area contributed by atoms with Gasteiger partial charge in [-0.15, -0.1) is 0 Å². The Balaban J connectivity index is 1.38. The fourth-order valence-electron chi connectivity index (χ4n) is 3.72. The van der Waals surface area contributed by atoms with E-state index in [0.717, 1.165) is 38.8 Å². The molecule has 0 unspecified atom stereocenters. The minimum Gasteiger partial charge on any atom is -0.492 e. The van der Waals surface area contributed by atoms with E-state index >= 15 is 0 Å². The lowest BCUT2D eigenvalue weighted by Gasteiger charge is -2.12. The summed E-state index contributed by atoms with van der Waals surface area (Å²) in [6.45, 7) is 3.58. The summed E-state index contributed by atoms with van der Waals surface area (Å²) >= 11 is 12.3. The maximum atomic E-state index is 12.4. The van der Waals surface area contributed by atoms with E-state index in [-0.39, 0.29) is 12.3 Å². The Morgan fingerprint density at radius 1 is 1.03 bits per heavy atom. The van der Waals surface area contributed by atoms with Gasteiger partial charge in [0.1, 0.15) is 18.2 Å². The van der Waals surface area contributed by atoms with E-state index in [1.165, 1.54) is 0 Å². The molecule has 4 rings (SSSR count). The summed E-state index contributed by atoms with van der Waals surface area (Å²) in [5, 5.41) is 4.30. The van der Waals surface area contributed by atoms with Crippen molar-refractivity contribution in [3.05, 3.63) is 93.7 Å². The Morgan fingerprint density at radius 3 is 2.64 bits per heavy atom. The second-order valence-corrected chi connectivity index (χ2v) is 8.61. The molecule has 1 heterocycles. The number of aryl methyl sites for hydroxylation is 1. The molecule has 0 saturated heterocycles. The molecule has 0 fully saturated rings. The zero-order chi connectivity index (χ0) is 23.2. The maximum Gasteiger partial charge on any atom is 0.224 e. The molecule has 1 amide bonds. The van der Waals surface area contributed by atoms with Crippen LogP contribution in [-0.4, -0.2) is 28.6 Å². The molecule has 0 aliphatic carbocycles. The molecule has 3 aromatic carbocycles. The summed E-state index contributed by atoms with van der Waals surface area (Å²) in [6.07, 6.45) is 0.868. The lowest BCUT2D eigenvalue weighted by Crippen LogP contribution is -2.28. The third-order valence-electron chi connectivity index (χ3n) is 5.43. The van der Waals surface area contributed by atoms with Gasteiger partial charge in [0, 0.05) is 23.0 Å². The van der Waals surface area contributed by atoms with Gasteiger partial charge in [0.05, 0.1) is 24.0 Å². The smallest absolute Gasteiger partial charge is 0.224 e. The number of aromatic nitrogens is 2. The van der Waals surface area contributed by atoms with Gasteiger partial charge in [-0.2, -0.15) is 0 Å². The highest BCUT2D eigenvalue weighted by atomic mass is 35.5. The van der Waals surface area contributed by atoms with Crippen molar-refractivity contribution >= 4 is 40.1 Å². The average molecular weight is 482 g/mol. The number of benzene rings is 3. The Kier molecular flexibility index (Phi) is 7.53. The van der Waals surface area contributed by atoms with E-state index in [9.17, 15) is 4.79 Å². The molecule has 1 aromatic heterocycles. The van der Waals surface area contributed by atoms with Gasteiger partial charge in [-0.05, 0) is 54.4 Å². The number of ether oxygens (including phenoxy) is 1. The van der Waals surface area contributed by atoms with Crippen molar-refractivity contribution in [3.63, 3.8) is 0 Å². The van der Waals surface area contributed by atoms with E-state index in [0.29, 0.717) is 31.1 Å². The van der Waals surface area contributed by atoms with Gasteiger partial charge in [0.2, 0.25) is 5.91 Å². The van der Waals surface area contributed by atoms with E-state index in [1.54, 1.807) is 6.07 Å². The summed E-state index contributed by atoms with van der Waals surface area (Å²) in [5.74, 6) is 1.63. The van der Waals surface area contributed by atoms with Crippen LogP contribution in [0.3, 0.4) is 0 Å². The molecule has 0 aliphatic heterocycles. The minimum absolute atomic E-state index is 0.0628. The highest BCUT2D eigenvalue weighted by molar-refractivity contribution is 6.31. The van der Waals surface area contributed by atoms with Crippen LogP contribution in [0, 0.1) is 6.92 Å². The molecule has 1 N–H and O–H groups in total. The first-order chi connectivity index (χ1) is 16.0. The zero-order valence-electron chi connectivity index (χ0n) is 18.4. The van der Waals surface area contributed by atoms with Crippen molar-refractivity contribution in [1.29, 1.82) is 0 Å². The molecule has 0 saturated carbocycles. The molecule has 0 radical (unpaired) electrons. The molecule has 0 bridgehead atoms. The zero-order valence-corrected chi connectivity index (χ0v) is 19.9. The van der Waals surface area contributed by atoms with Gasteiger partial charge in [-0.1, -0.05) is 53.5 Å². The predicted octanol–water partition coefficient (Wildman–Crippen LogP) is 5.63. The minimum atomic E-state index is -0.0628. The van der Waals surface area contributed by atoms with Gasteiger partial charge >= 0.3 is 0 Å². The third-order valence-corrected chi connectivity index (χ3v) is 6.22. The van der Waals surface area contributed by atoms with Crippen LogP contribution in [0.4, 0.5) is 0 Å². The number of nitrogens with zero attached hydrogens (tertiary/aromatic N) is 2. The molecule has 5 nitrogen and oxygen atoms in total. The molecular formula is C26H25Cl2N3O2. The van der Waals surface area contributed by atoms with Gasteiger partial charge < -0.3 is 14.6 Å². The normalized spacial score (nSPS) is 11.0. The predicted molar refractivity (Wildman–Crippen MR) is 133 cm³/mol. The van der Waals surface area contributed by atoms with E-state index in [1.807, 2.05) is 67.6 Å². The van der Waals surface area contributed by atoms with Crippen LogP contribution in [0.15, 0.2) is 66.7 Å². The highest BCUT2D eigenvalue weighted by Crippen LogP contribution is 2.22. The Hall–Kier alpha value is -3.02. The van der Waals surface area contributed by atoms with Gasteiger partial charge in [0.25, 0.3) is 0 Å². The first kappa shape index (κ1) is 23.1. The maximum absolute atomic E-state index is 12.4. The number of imidazole rings is 1. The van der Waals surface area contributed by atoms with Gasteiger partial charge in [-0.3, -0.25) is 4.79 Å². The van der Waals surface area contributed by atoms with Crippen molar-refractivity contribution in [1.82, 2.24) is 14.9 Å². The fourth-order valence-corrected chi connectivity index (χ4v) is 4.04. The Labute approximate surface area is 203 Å². The molecule has 7 heteroatoms. The van der Waals surface area contributed by atoms with Crippen molar-refractivity contribution in [2.75, 3.05) is 13.2 Å². The number of rotatable bonds is 9. The molecule has 0 aliphatic rings. The summed E-state index contributed by atoms with van der Waals surface area (Å²) in [7, 11) is 0. The van der Waals surface area contributed by atoms with Gasteiger partial charge in [0.15, 0.2) is 0 Å². The standard InChI is InChI=1S/C26H25Cl2N3O2/c1-18-16-20(10-11-21(18)27)33-15-14-31-24-9-5-4-8-23(24)30-25(31)12-13-29-26(32)17-19-6-2-3-7-22(19)28/h2-11,16H,12-15,17H2,1H3,(H,29,32). The van der Waals surface area contributed by atoms with Crippen molar-refractivity contribution < 1.29 is 9.53 Å². The van der Waals surface area contributed by atoms with Gasteiger partial charge in [-0.25, -0.2) is 4.98 Å². The van der Waals surface area contributed by atoms with Crippen molar-refractivity contribution in [3.8, 4) is 5.75 Å². The number of para-hydroxylation sites is 2. The summed E-state index contributed by atoms with van der Waals surface area (Å²) in [6, 6.07) is 21.1. The molecule has 0 spiro atoms. The molecule has 170 valence electrons. The number of carbonyl (C=O) groups excluding carboxylic acids is 1. The first-order valence-corrected chi connectivity index (χ1v) is 11.6. The van der Waals surface area contributed by atoms with Crippen LogP contribution in [0.25, 0.3) is 11.0 Å². The Bertz CT molecular complexity index is 1270. The number of halogens is 2. The van der Waals surface area contributed by atoms with Crippen molar-refractivity contribution in [2.45, 2.75) is 26.3 Å². The molecule has 4 aromatic rings. The van der Waals surface area contributed by atoms with Crippen LogP contribution in [0.1, 0.15) is 17.0 Å². The number of hydrogen-bond donors (Lipinski definition) is 1. The molecular weight excluding hydrogens is 457 g/mol. The Morgan fingerprint density at radius 2 is 1.82 bits per heavy atom. The second-order valence-electron chi connectivity index (χ2n) is 7.80. The summed E-state index contributed by atoms with van der Waals surface area (Å²) in [5.41, 5.74) is 3.77. The second kappa shape index (κ2) is 10.7. The number of hydrogen-bond acceptors (Lipinski definition) is 3. The average Bonchev–Trinajstić information content (AvgIpc) is 3.15. The lowest BCUT2D eigenvalue weighted by atomic mass is 10.1. The highest BCUT2D eigenvalue weighted by Gasteiger charge is 2.12. The van der Waals surface area contributed by atoms with Crippen LogP contribution < -0.4 is 10.1 Å². The number of nitrogens with one attached hydrogen (secondary N) is 1.